The maximum atomic E-state index is 14.1. The van der Waals surface area contributed by atoms with Crippen molar-refractivity contribution in [2.75, 3.05) is 12.3 Å². The van der Waals surface area contributed by atoms with Gasteiger partial charge in [-0.25, -0.2) is 4.79 Å². The minimum Gasteiger partial charge on any atom is -0.508 e. The average molecular weight is 1060 g/mol. The molecule has 3 rings (SSSR count). The molecule has 1 aliphatic heterocycles. The second kappa shape index (κ2) is 29.2. The van der Waals surface area contributed by atoms with Crippen molar-refractivity contribution in [3.05, 3.63) is 59.7 Å². The highest BCUT2D eigenvalue weighted by molar-refractivity contribution is 7.80. The van der Waals surface area contributed by atoms with Gasteiger partial charge in [-0.3, -0.25) is 47.9 Å². The number of nitrogens with one attached hydrogen (secondary N) is 9. The molecule has 0 bridgehead atoms. The van der Waals surface area contributed by atoms with Crippen LogP contribution in [-0.2, 0) is 65.6 Å². The molecule has 8 amide bonds. The van der Waals surface area contributed by atoms with Gasteiger partial charge >= 0.3 is 17.9 Å². The highest BCUT2D eigenvalue weighted by Gasteiger charge is 2.37. The molecule has 10 atom stereocenters. The molecule has 2 aromatic carbocycles. The van der Waals surface area contributed by atoms with E-state index in [9.17, 15) is 83.4 Å². The van der Waals surface area contributed by atoms with Gasteiger partial charge in [0.1, 0.15) is 59.8 Å². The smallest absolute Gasteiger partial charge is 0.327 e. The summed E-state index contributed by atoms with van der Waals surface area (Å²) >= 11 is 3.98. The Labute approximate surface area is 430 Å². The second-order valence-corrected chi connectivity index (χ2v) is 18.3. The van der Waals surface area contributed by atoms with Crippen LogP contribution in [0.5, 0.6) is 11.5 Å². The van der Waals surface area contributed by atoms with Crippen molar-refractivity contribution in [1.29, 1.82) is 0 Å². The zero-order chi connectivity index (χ0) is 55.4. The molecule has 1 saturated heterocycles. The van der Waals surface area contributed by atoms with E-state index in [0.29, 0.717) is 30.5 Å². The third kappa shape index (κ3) is 19.8. The molecule has 406 valence electrons. The van der Waals surface area contributed by atoms with Gasteiger partial charge in [0.15, 0.2) is 0 Å². The Morgan fingerprint density at radius 2 is 1.03 bits per heavy atom. The van der Waals surface area contributed by atoms with Crippen molar-refractivity contribution in [3.63, 3.8) is 0 Å². The van der Waals surface area contributed by atoms with Crippen LogP contribution in [-0.4, -0.2) is 169 Å². The number of carboxylic acid groups (broad SMARTS) is 3. The van der Waals surface area contributed by atoms with E-state index in [1.165, 1.54) is 55.5 Å². The molecule has 1 heterocycles. The van der Waals surface area contributed by atoms with Crippen LogP contribution >= 0.6 is 12.6 Å². The Balaban J connectivity index is 1.80. The van der Waals surface area contributed by atoms with E-state index in [-0.39, 0.29) is 30.1 Å². The molecule has 0 radical (unpaired) electrons. The van der Waals surface area contributed by atoms with Crippen LogP contribution in [0.1, 0.15) is 70.9 Å². The first kappa shape index (κ1) is 60.8. The molecule has 1 aliphatic rings. The number of aliphatic hydroxyl groups excluding tert-OH is 1. The lowest BCUT2D eigenvalue weighted by Gasteiger charge is -2.29. The summed E-state index contributed by atoms with van der Waals surface area (Å²) in [5.74, 6) is -13.5. The highest BCUT2D eigenvalue weighted by Crippen LogP contribution is 2.15. The summed E-state index contributed by atoms with van der Waals surface area (Å²) in [6, 6.07) is -2.20. The maximum Gasteiger partial charge on any atom is 0.327 e. The van der Waals surface area contributed by atoms with Crippen LogP contribution in [0.2, 0.25) is 0 Å². The standard InChI is InChI=1S/C47H65N9O17S/c1-22(2)37(45(70)53-32(19-26-9-13-28(59)14-10-26)42(67)51-31(18-25-7-11-27(58)12-8-25)43(68)54-34(21-74)47(72)73)55-39(64)23(3)49-46(71)38(24(4)57)56-44(69)33(20-36(62)63)52-41(66)30(15-16-35(60)61)50-40(65)29-6-5-17-48-29/h7-14,22-24,29-34,37-38,48,57-59,74H,5-6,15-21H2,1-4H3,(H,49,71)(H,50,65)(H,51,67)(H,52,66)(H,53,70)(H,54,68)(H,55,64)(H,56,69)(H,60,61)(H,62,63)(H,72,73)/t23-,24+,29-,30-,31-,32-,33-,34-,37-,38-/m0/s1. The van der Waals surface area contributed by atoms with Gasteiger partial charge in [0, 0.05) is 25.0 Å². The molecular formula is C47H65N9O17S. The maximum absolute atomic E-state index is 14.1. The van der Waals surface area contributed by atoms with Gasteiger partial charge in [-0.05, 0) is 81.0 Å². The third-order valence-corrected chi connectivity index (χ3v) is 11.9. The fraction of sp³-hybridized carbons (Fsp3) is 0.511. The number of benzene rings is 2. The van der Waals surface area contributed by atoms with Crippen molar-refractivity contribution < 1.29 is 83.4 Å². The number of hydrogen-bond acceptors (Lipinski definition) is 16. The average Bonchev–Trinajstić information content (AvgIpc) is 3.88. The number of phenols is 2. The molecule has 15 N–H and O–H groups in total. The predicted octanol–water partition coefficient (Wildman–Crippen LogP) is -3.08. The molecular weight excluding hydrogens is 995 g/mol. The van der Waals surface area contributed by atoms with Crippen LogP contribution in [0.25, 0.3) is 0 Å². The molecule has 0 spiro atoms. The van der Waals surface area contributed by atoms with Gasteiger partial charge in [-0.1, -0.05) is 38.1 Å². The number of thiol groups is 1. The molecule has 27 heteroatoms. The van der Waals surface area contributed by atoms with Crippen molar-refractivity contribution in [3.8, 4) is 11.5 Å². The Kier molecular flexibility index (Phi) is 24.0. The van der Waals surface area contributed by atoms with Gasteiger partial charge in [0.05, 0.1) is 18.6 Å². The fourth-order valence-electron chi connectivity index (χ4n) is 7.36. The van der Waals surface area contributed by atoms with Crippen molar-refractivity contribution in [2.24, 2.45) is 5.92 Å². The van der Waals surface area contributed by atoms with E-state index < -0.39 is 151 Å². The minimum atomic E-state index is -1.93. The SMILES string of the molecule is CC(C)[C@H](NC(=O)[C@H](C)NC(=O)[C@@H](NC(=O)[C@H](CC(=O)O)NC(=O)[C@H](CCC(=O)O)NC(=O)[C@@H]1CCCN1)[C@@H](C)O)C(=O)N[C@@H](Cc1ccc(O)cc1)C(=O)N[C@@H](Cc1ccc(O)cc1)C(=O)N[C@@H](CS)C(=O)O. The molecule has 0 unspecified atom stereocenters. The van der Waals surface area contributed by atoms with Crippen molar-refractivity contribution >= 4 is 77.8 Å². The second-order valence-electron chi connectivity index (χ2n) is 17.9. The van der Waals surface area contributed by atoms with Gasteiger partial charge in [-0.15, -0.1) is 0 Å². The number of carboxylic acids is 3. The van der Waals surface area contributed by atoms with E-state index in [0.717, 1.165) is 6.92 Å². The largest absolute Gasteiger partial charge is 0.508 e. The monoisotopic (exact) mass is 1060 g/mol. The quantitative estimate of drug-likeness (QED) is 0.0359. The topological polar surface area (TPSA) is 417 Å². The summed E-state index contributed by atoms with van der Waals surface area (Å²) < 4.78 is 0. The zero-order valence-corrected chi connectivity index (χ0v) is 41.8. The number of aliphatic hydroxyl groups is 1. The molecule has 74 heavy (non-hydrogen) atoms. The van der Waals surface area contributed by atoms with Gasteiger partial charge in [0.2, 0.25) is 47.3 Å². The molecule has 26 nitrogen and oxygen atoms in total. The number of aliphatic carboxylic acids is 3. The first-order valence-corrected chi connectivity index (χ1v) is 24.1. The fourth-order valence-corrected chi connectivity index (χ4v) is 7.61. The lowest BCUT2D eigenvalue weighted by atomic mass is 9.99. The first-order chi connectivity index (χ1) is 34.8. The molecule has 0 saturated carbocycles. The van der Waals surface area contributed by atoms with Gasteiger partial charge < -0.3 is 78.5 Å². The number of carbonyl (C=O) groups excluding carboxylic acids is 8. The minimum absolute atomic E-state index is 0.0930. The summed E-state index contributed by atoms with van der Waals surface area (Å²) in [5, 5.41) is 80.5. The van der Waals surface area contributed by atoms with Crippen LogP contribution in [0.15, 0.2) is 48.5 Å². The Morgan fingerprint density at radius 1 is 0.568 bits per heavy atom. The summed E-state index contributed by atoms with van der Waals surface area (Å²) in [5.41, 5.74) is 0.861. The first-order valence-electron chi connectivity index (χ1n) is 23.5. The molecule has 0 aromatic heterocycles. The summed E-state index contributed by atoms with van der Waals surface area (Å²) in [6.07, 6.45) is -3.17. The van der Waals surface area contributed by atoms with E-state index in [4.69, 9.17) is 0 Å². The van der Waals surface area contributed by atoms with Crippen LogP contribution in [0, 0.1) is 5.92 Å². The van der Waals surface area contributed by atoms with Gasteiger partial charge in [-0.2, -0.15) is 12.6 Å². The molecule has 0 aliphatic carbocycles. The number of aromatic hydroxyl groups is 2. The predicted molar refractivity (Wildman–Crippen MR) is 263 cm³/mol. The van der Waals surface area contributed by atoms with Crippen molar-refractivity contribution in [2.45, 2.75) is 133 Å². The summed E-state index contributed by atoms with van der Waals surface area (Å²) in [7, 11) is 0. The van der Waals surface area contributed by atoms with E-state index in [1.54, 1.807) is 13.8 Å². The number of carbonyl (C=O) groups is 11. The lowest BCUT2D eigenvalue weighted by Crippen LogP contribution is -2.62. The van der Waals surface area contributed by atoms with Gasteiger partial charge in [0.25, 0.3) is 0 Å². The van der Waals surface area contributed by atoms with E-state index in [2.05, 4.69) is 60.5 Å². The normalized spacial score (nSPS) is 16.7. The number of amides is 8. The van der Waals surface area contributed by atoms with Crippen molar-refractivity contribution in [1.82, 2.24) is 47.9 Å². The number of phenolic OH excluding ortho intramolecular Hbond substituents is 2. The van der Waals surface area contributed by atoms with Crippen LogP contribution in [0.4, 0.5) is 0 Å². The summed E-state index contributed by atoms with van der Waals surface area (Å²) in [6.45, 7) is 5.87. The Morgan fingerprint density at radius 3 is 1.47 bits per heavy atom. The summed E-state index contributed by atoms with van der Waals surface area (Å²) in [4.78, 5) is 144. The van der Waals surface area contributed by atoms with Crippen LogP contribution in [0.3, 0.4) is 0 Å². The van der Waals surface area contributed by atoms with E-state index in [1.807, 2.05) is 0 Å². The van der Waals surface area contributed by atoms with Crippen LogP contribution < -0.4 is 47.9 Å². The highest BCUT2D eigenvalue weighted by atomic mass is 32.1. The number of rotatable bonds is 29. The Bertz CT molecular complexity index is 2330. The third-order valence-electron chi connectivity index (χ3n) is 11.5. The number of hydrogen-bond donors (Lipinski definition) is 16. The van der Waals surface area contributed by atoms with E-state index >= 15 is 0 Å². The molecule has 1 fully saturated rings. The molecule has 2 aromatic rings. The Hall–Kier alpha value is -7.52. The zero-order valence-electron chi connectivity index (χ0n) is 41.0. The lowest BCUT2D eigenvalue weighted by molar-refractivity contribution is -0.142.